The standard InChI is InChI=1S/C16H21N5O3/c1-18-13-17-15(21(22)23)16(18)20-9-7-19(8-10-20)11-12-24-14-5-3-2-4-6-14/h2-6,13H,7-12H2,1H3. The number of aryl methyl sites for hydroxylation is 1. The molecule has 3 rings (SSSR count). The SMILES string of the molecule is Cn1cnc([N+](=O)[O-])c1N1CCN(CCOc2ccccc2)CC1. The fourth-order valence-electron chi connectivity index (χ4n) is 2.90. The molecule has 1 aliphatic rings. The van der Waals surface area contributed by atoms with E-state index in [4.69, 9.17) is 4.74 Å². The molecule has 0 saturated carbocycles. The summed E-state index contributed by atoms with van der Waals surface area (Å²) in [5.74, 6) is 1.39. The summed E-state index contributed by atoms with van der Waals surface area (Å²) >= 11 is 0. The number of benzene rings is 1. The summed E-state index contributed by atoms with van der Waals surface area (Å²) in [5, 5.41) is 11.1. The summed E-state index contributed by atoms with van der Waals surface area (Å²) in [5.41, 5.74) is 0. The predicted molar refractivity (Wildman–Crippen MR) is 90.5 cm³/mol. The summed E-state index contributed by atoms with van der Waals surface area (Å²) in [6, 6.07) is 9.76. The Bertz CT molecular complexity index is 680. The number of hydrogen-bond acceptors (Lipinski definition) is 6. The number of nitrogens with zero attached hydrogens (tertiary/aromatic N) is 5. The van der Waals surface area contributed by atoms with Gasteiger partial charge in [0.2, 0.25) is 12.1 Å². The van der Waals surface area contributed by atoms with Crippen LogP contribution in [0.5, 0.6) is 5.75 Å². The first-order valence-electron chi connectivity index (χ1n) is 7.96. The van der Waals surface area contributed by atoms with Gasteiger partial charge in [0.05, 0.1) is 0 Å². The average molecular weight is 331 g/mol. The zero-order valence-electron chi connectivity index (χ0n) is 13.7. The monoisotopic (exact) mass is 331 g/mol. The highest BCUT2D eigenvalue weighted by molar-refractivity contribution is 5.54. The number of rotatable bonds is 6. The molecule has 0 N–H and O–H groups in total. The summed E-state index contributed by atoms with van der Waals surface area (Å²) in [4.78, 5) is 18.9. The number of hydrogen-bond donors (Lipinski definition) is 0. The molecule has 128 valence electrons. The smallest absolute Gasteiger partial charge is 0.406 e. The van der Waals surface area contributed by atoms with E-state index in [0.717, 1.165) is 38.5 Å². The van der Waals surface area contributed by atoms with Crippen LogP contribution in [0.4, 0.5) is 11.6 Å². The van der Waals surface area contributed by atoms with Gasteiger partial charge in [0, 0.05) is 39.8 Å². The number of aromatic nitrogens is 2. The second-order valence-electron chi connectivity index (χ2n) is 5.75. The Morgan fingerprint density at radius 2 is 1.92 bits per heavy atom. The Hall–Kier alpha value is -2.61. The van der Waals surface area contributed by atoms with E-state index in [2.05, 4.69) is 9.88 Å². The molecule has 8 heteroatoms. The van der Waals surface area contributed by atoms with Crippen LogP contribution in [0.1, 0.15) is 0 Å². The van der Waals surface area contributed by atoms with Crippen LogP contribution < -0.4 is 9.64 Å². The molecule has 0 radical (unpaired) electrons. The summed E-state index contributed by atoms with van der Waals surface area (Å²) in [6.45, 7) is 4.66. The van der Waals surface area contributed by atoms with Gasteiger partial charge in [0.25, 0.3) is 0 Å². The van der Waals surface area contributed by atoms with Crippen molar-refractivity contribution in [1.29, 1.82) is 0 Å². The lowest BCUT2D eigenvalue weighted by molar-refractivity contribution is -0.388. The van der Waals surface area contributed by atoms with Gasteiger partial charge in [-0.2, -0.15) is 0 Å². The molecule has 1 fully saturated rings. The van der Waals surface area contributed by atoms with E-state index in [1.807, 2.05) is 35.2 Å². The average Bonchev–Trinajstić information content (AvgIpc) is 2.98. The molecule has 1 saturated heterocycles. The number of anilines is 1. The largest absolute Gasteiger partial charge is 0.492 e. The quantitative estimate of drug-likeness (QED) is 0.590. The number of para-hydroxylation sites is 1. The van der Waals surface area contributed by atoms with Crippen LogP contribution in [-0.2, 0) is 7.05 Å². The fourth-order valence-corrected chi connectivity index (χ4v) is 2.90. The molecule has 0 aliphatic carbocycles. The summed E-state index contributed by atoms with van der Waals surface area (Å²) in [7, 11) is 1.79. The van der Waals surface area contributed by atoms with Gasteiger partial charge >= 0.3 is 5.82 Å². The maximum Gasteiger partial charge on any atom is 0.406 e. The van der Waals surface area contributed by atoms with Crippen LogP contribution in [0, 0.1) is 10.1 Å². The predicted octanol–water partition coefficient (Wildman–Crippen LogP) is 1.53. The molecule has 0 amide bonds. The number of imidazole rings is 1. The third-order valence-corrected chi connectivity index (χ3v) is 4.15. The number of ether oxygens (including phenoxy) is 1. The molecular weight excluding hydrogens is 310 g/mol. The maximum atomic E-state index is 11.1. The second kappa shape index (κ2) is 7.31. The van der Waals surface area contributed by atoms with E-state index in [0.29, 0.717) is 12.4 Å². The lowest BCUT2D eigenvalue weighted by Gasteiger charge is -2.35. The minimum Gasteiger partial charge on any atom is -0.492 e. The molecule has 1 aliphatic heterocycles. The highest BCUT2D eigenvalue weighted by atomic mass is 16.6. The second-order valence-corrected chi connectivity index (χ2v) is 5.75. The Kier molecular flexibility index (Phi) is 4.95. The van der Waals surface area contributed by atoms with E-state index in [1.54, 1.807) is 11.6 Å². The van der Waals surface area contributed by atoms with Gasteiger partial charge in [-0.05, 0) is 22.0 Å². The van der Waals surface area contributed by atoms with Crippen LogP contribution in [0.15, 0.2) is 36.7 Å². The van der Waals surface area contributed by atoms with Gasteiger partial charge in [0.15, 0.2) is 0 Å². The molecule has 0 atom stereocenters. The summed E-state index contributed by atoms with van der Waals surface area (Å²) in [6.07, 6.45) is 1.49. The van der Waals surface area contributed by atoms with Gasteiger partial charge in [-0.3, -0.25) is 9.47 Å². The van der Waals surface area contributed by atoms with Crippen LogP contribution >= 0.6 is 0 Å². The molecule has 24 heavy (non-hydrogen) atoms. The van der Waals surface area contributed by atoms with Crippen molar-refractivity contribution in [1.82, 2.24) is 14.5 Å². The van der Waals surface area contributed by atoms with Crippen molar-refractivity contribution in [3.8, 4) is 5.75 Å². The van der Waals surface area contributed by atoms with Crippen molar-refractivity contribution in [3.05, 3.63) is 46.8 Å². The van der Waals surface area contributed by atoms with E-state index in [1.165, 1.54) is 6.33 Å². The zero-order valence-corrected chi connectivity index (χ0v) is 13.7. The number of piperazine rings is 1. The van der Waals surface area contributed by atoms with Gasteiger partial charge < -0.3 is 19.8 Å². The van der Waals surface area contributed by atoms with Crippen molar-refractivity contribution in [3.63, 3.8) is 0 Å². The van der Waals surface area contributed by atoms with Crippen LogP contribution in [0.3, 0.4) is 0 Å². The molecule has 8 nitrogen and oxygen atoms in total. The topological polar surface area (TPSA) is 76.7 Å². The van der Waals surface area contributed by atoms with E-state index < -0.39 is 4.92 Å². The fraction of sp³-hybridized carbons (Fsp3) is 0.438. The highest BCUT2D eigenvalue weighted by Gasteiger charge is 2.28. The van der Waals surface area contributed by atoms with Crippen molar-refractivity contribution >= 4 is 11.6 Å². The van der Waals surface area contributed by atoms with E-state index >= 15 is 0 Å². The maximum absolute atomic E-state index is 11.1. The third-order valence-electron chi connectivity index (χ3n) is 4.15. The van der Waals surface area contributed by atoms with Crippen molar-refractivity contribution in [2.45, 2.75) is 0 Å². The molecule has 0 spiro atoms. The molecule has 1 aromatic carbocycles. The Morgan fingerprint density at radius 1 is 1.21 bits per heavy atom. The van der Waals surface area contributed by atoms with Crippen molar-refractivity contribution < 1.29 is 9.66 Å². The lowest BCUT2D eigenvalue weighted by atomic mass is 10.3. The lowest BCUT2D eigenvalue weighted by Crippen LogP contribution is -2.48. The molecule has 2 aromatic rings. The molecule has 0 unspecified atom stereocenters. The normalized spacial score (nSPS) is 15.5. The highest BCUT2D eigenvalue weighted by Crippen LogP contribution is 2.26. The third kappa shape index (κ3) is 3.65. The first-order chi connectivity index (χ1) is 11.6. The minimum atomic E-state index is -0.421. The van der Waals surface area contributed by atoms with E-state index in [9.17, 15) is 10.1 Å². The molecule has 1 aromatic heterocycles. The summed E-state index contributed by atoms with van der Waals surface area (Å²) < 4.78 is 7.43. The minimum absolute atomic E-state index is 0.0710. The zero-order chi connectivity index (χ0) is 16.9. The molecular formula is C16H21N5O3. The van der Waals surface area contributed by atoms with Gasteiger partial charge in [-0.1, -0.05) is 18.2 Å². The van der Waals surface area contributed by atoms with E-state index in [-0.39, 0.29) is 5.82 Å². The molecule has 0 bridgehead atoms. The van der Waals surface area contributed by atoms with Crippen molar-refractivity contribution in [2.24, 2.45) is 7.05 Å². The van der Waals surface area contributed by atoms with Crippen molar-refractivity contribution in [2.75, 3.05) is 44.2 Å². The van der Waals surface area contributed by atoms with Gasteiger partial charge in [-0.25, -0.2) is 0 Å². The first-order valence-corrected chi connectivity index (χ1v) is 7.96. The Labute approximate surface area is 140 Å². The van der Waals surface area contributed by atoms with Crippen LogP contribution in [-0.4, -0.2) is 58.7 Å². The van der Waals surface area contributed by atoms with Crippen LogP contribution in [0.25, 0.3) is 0 Å². The Balaban J connectivity index is 1.49. The Morgan fingerprint density at radius 3 is 2.58 bits per heavy atom. The number of nitro groups is 1. The van der Waals surface area contributed by atoms with Crippen LogP contribution in [0.2, 0.25) is 0 Å². The van der Waals surface area contributed by atoms with Gasteiger partial charge in [0.1, 0.15) is 12.4 Å². The molecule has 2 heterocycles. The van der Waals surface area contributed by atoms with Gasteiger partial charge in [-0.15, -0.1) is 0 Å². The first kappa shape index (κ1) is 16.3.